The minimum absolute atomic E-state index is 0.0563. The van der Waals surface area contributed by atoms with E-state index in [1.165, 1.54) is 36.5 Å². The Kier molecular flexibility index (Phi) is 9.80. The van der Waals surface area contributed by atoms with E-state index in [1.807, 2.05) is 11.9 Å². The number of anilines is 1. The summed E-state index contributed by atoms with van der Waals surface area (Å²) in [5, 5.41) is 0.938. The predicted octanol–water partition coefficient (Wildman–Crippen LogP) is 4.13. The highest BCUT2D eigenvalue weighted by atomic mass is 19.1. The standard InChI is InChI=1S/C36H34F2N6O5/c1-5-25-28(37)10-9-22-17-24(49-30(46)7-3)18-26(31(22)25)33-32(38)34-27(19-39-33)35(43-11-8-15-47-16-14-43)41-36(40-34)48-21-23-20-44(29(45)6-2)13-12-42(23)4/h1,6-7,9-10,17-19,23H,2-3,8,11-16,20-21H2,4H3. The zero-order valence-electron chi connectivity index (χ0n) is 27.0. The molecule has 0 radical (unpaired) electrons. The fourth-order valence-electron chi connectivity index (χ4n) is 6.06. The summed E-state index contributed by atoms with van der Waals surface area (Å²) in [5.41, 5.74) is -0.293. The van der Waals surface area contributed by atoms with Crippen molar-refractivity contribution in [2.45, 2.75) is 12.5 Å². The number of rotatable bonds is 8. The lowest BCUT2D eigenvalue weighted by Gasteiger charge is -2.38. The number of fused-ring (bicyclic) bond motifs is 2. The van der Waals surface area contributed by atoms with Crippen LogP contribution in [0, 0.1) is 24.0 Å². The predicted molar refractivity (Wildman–Crippen MR) is 180 cm³/mol. The Labute approximate surface area is 281 Å². The van der Waals surface area contributed by atoms with Gasteiger partial charge >= 0.3 is 12.0 Å². The molecule has 49 heavy (non-hydrogen) atoms. The molecule has 4 aromatic rings. The number of hydrogen-bond acceptors (Lipinski definition) is 10. The third-order valence-corrected chi connectivity index (χ3v) is 8.66. The first-order chi connectivity index (χ1) is 23.7. The van der Waals surface area contributed by atoms with E-state index in [1.54, 1.807) is 4.90 Å². The van der Waals surface area contributed by atoms with Gasteiger partial charge in [-0.3, -0.25) is 14.7 Å². The lowest BCUT2D eigenvalue weighted by atomic mass is 9.95. The average Bonchev–Trinajstić information content (AvgIpc) is 3.40. The maximum atomic E-state index is 16.9. The van der Waals surface area contributed by atoms with Crippen molar-refractivity contribution in [2.75, 3.05) is 64.5 Å². The minimum atomic E-state index is -0.838. The van der Waals surface area contributed by atoms with Crippen molar-refractivity contribution >= 4 is 39.4 Å². The number of halogens is 2. The van der Waals surface area contributed by atoms with Crippen LogP contribution in [-0.4, -0.2) is 102 Å². The number of aromatic nitrogens is 3. The van der Waals surface area contributed by atoms with Gasteiger partial charge < -0.3 is 24.0 Å². The Morgan fingerprint density at radius 3 is 2.73 bits per heavy atom. The first-order valence-electron chi connectivity index (χ1n) is 15.7. The SMILES string of the molecule is C#Cc1c(F)ccc2cc(OC(=O)C=C)cc(-c3ncc4c(N5CCCOCC5)nc(OCC5CN(C(=O)C=C)CCN5C)nc4c3F)c12. The van der Waals surface area contributed by atoms with Crippen LogP contribution >= 0.6 is 0 Å². The second kappa shape index (κ2) is 14.3. The molecule has 0 N–H and O–H groups in total. The summed E-state index contributed by atoms with van der Waals surface area (Å²) in [5.74, 6) is 0.404. The van der Waals surface area contributed by atoms with E-state index in [4.69, 9.17) is 25.6 Å². The van der Waals surface area contributed by atoms with Crippen LogP contribution in [-0.2, 0) is 14.3 Å². The number of hydrogen-bond donors (Lipinski definition) is 0. The molecule has 0 aliphatic carbocycles. The van der Waals surface area contributed by atoms with Gasteiger partial charge in [-0.1, -0.05) is 25.1 Å². The molecule has 2 aliphatic rings. The Morgan fingerprint density at radius 2 is 1.96 bits per heavy atom. The third-order valence-electron chi connectivity index (χ3n) is 8.66. The smallest absolute Gasteiger partial charge is 0.335 e. The second-order valence-electron chi connectivity index (χ2n) is 11.7. The van der Waals surface area contributed by atoms with Gasteiger partial charge in [0.15, 0.2) is 5.82 Å². The van der Waals surface area contributed by atoms with Gasteiger partial charge in [-0.2, -0.15) is 9.97 Å². The maximum Gasteiger partial charge on any atom is 0.335 e. The summed E-state index contributed by atoms with van der Waals surface area (Å²) in [6, 6.07) is 5.27. The number of piperazine rings is 1. The van der Waals surface area contributed by atoms with Gasteiger partial charge in [0.25, 0.3) is 0 Å². The molecule has 0 bridgehead atoms. The van der Waals surface area contributed by atoms with Gasteiger partial charge in [0.05, 0.1) is 23.6 Å². The zero-order valence-corrected chi connectivity index (χ0v) is 27.0. The number of carbonyl (C=O) groups is 2. The van der Waals surface area contributed by atoms with Crippen LogP contribution in [0.5, 0.6) is 11.8 Å². The summed E-state index contributed by atoms with van der Waals surface area (Å²) in [6.45, 7) is 10.8. The van der Waals surface area contributed by atoms with Crippen LogP contribution in [0.25, 0.3) is 32.9 Å². The van der Waals surface area contributed by atoms with Crippen molar-refractivity contribution in [2.24, 2.45) is 0 Å². The first-order valence-corrected chi connectivity index (χ1v) is 15.7. The first kappa shape index (κ1) is 33.5. The number of nitrogens with zero attached hydrogens (tertiary/aromatic N) is 6. The van der Waals surface area contributed by atoms with E-state index in [2.05, 4.69) is 33.9 Å². The molecule has 1 atom stereocenters. The molecule has 4 heterocycles. The van der Waals surface area contributed by atoms with Gasteiger partial charge in [0, 0.05) is 62.6 Å². The average molecular weight is 669 g/mol. The fourth-order valence-corrected chi connectivity index (χ4v) is 6.06. The number of esters is 1. The van der Waals surface area contributed by atoms with Crippen LogP contribution < -0.4 is 14.4 Å². The zero-order chi connectivity index (χ0) is 34.7. The summed E-state index contributed by atoms with van der Waals surface area (Å²) < 4.78 is 49.1. The summed E-state index contributed by atoms with van der Waals surface area (Å²) in [6.07, 6.45) is 10.2. The monoisotopic (exact) mass is 668 g/mol. The highest BCUT2D eigenvalue weighted by Crippen LogP contribution is 2.39. The Hall–Kier alpha value is -5.45. The number of ether oxygens (including phenoxy) is 3. The maximum absolute atomic E-state index is 16.9. The lowest BCUT2D eigenvalue weighted by molar-refractivity contribution is -0.129. The van der Waals surface area contributed by atoms with E-state index >= 15 is 4.39 Å². The number of pyridine rings is 1. The molecule has 6 rings (SSSR count). The van der Waals surface area contributed by atoms with Crippen molar-refractivity contribution in [3.05, 3.63) is 73.0 Å². The molecule has 2 aromatic heterocycles. The molecular weight excluding hydrogens is 634 g/mol. The van der Waals surface area contributed by atoms with Crippen LogP contribution in [0.15, 0.2) is 55.8 Å². The number of terminal acetylenes is 1. The summed E-state index contributed by atoms with van der Waals surface area (Å²) in [4.78, 5) is 43.8. The highest BCUT2D eigenvalue weighted by Gasteiger charge is 2.28. The molecule has 11 nitrogen and oxygen atoms in total. The third kappa shape index (κ3) is 6.78. The van der Waals surface area contributed by atoms with Crippen LogP contribution in [0.4, 0.5) is 14.6 Å². The molecule has 2 fully saturated rings. The molecule has 1 amide bonds. The van der Waals surface area contributed by atoms with Crippen LogP contribution in [0.3, 0.4) is 0 Å². The molecule has 0 spiro atoms. The van der Waals surface area contributed by atoms with E-state index in [-0.39, 0.29) is 58.0 Å². The number of likely N-dealkylation sites (N-methyl/N-ethyl adjacent to an activating group) is 1. The Balaban J connectivity index is 1.49. The Bertz CT molecular complexity index is 2010. The molecule has 13 heteroatoms. The molecule has 2 aliphatic heterocycles. The number of benzene rings is 2. The molecule has 2 saturated heterocycles. The van der Waals surface area contributed by atoms with Gasteiger partial charge in [0.1, 0.15) is 35.2 Å². The largest absolute Gasteiger partial charge is 0.462 e. The minimum Gasteiger partial charge on any atom is -0.462 e. The van der Waals surface area contributed by atoms with Crippen LogP contribution in [0.2, 0.25) is 0 Å². The van der Waals surface area contributed by atoms with Gasteiger partial charge in [-0.25, -0.2) is 13.6 Å². The van der Waals surface area contributed by atoms with Gasteiger partial charge in [-0.05, 0) is 43.1 Å². The van der Waals surface area contributed by atoms with E-state index in [0.29, 0.717) is 62.5 Å². The number of amides is 1. The normalized spacial score (nSPS) is 17.0. The van der Waals surface area contributed by atoms with Crippen molar-refractivity contribution in [3.8, 4) is 35.4 Å². The van der Waals surface area contributed by atoms with Crippen molar-refractivity contribution in [1.82, 2.24) is 24.8 Å². The van der Waals surface area contributed by atoms with Crippen LogP contribution in [0.1, 0.15) is 12.0 Å². The Morgan fingerprint density at radius 1 is 1.12 bits per heavy atom. The number of carbonyl (C=O) groups excluding carboxylic acids is 2. The molecule has 2 aromatic carbocycles. The second-order valence-corrected chi connectivity index (χ2v) is 11.7. The molecular formula is C36H34F2N6O5. The quantitative estimate of drug-likeness (QED) is 0.118. The molecule has 252 valence electrons. The molecule has 0 saturated carbocycles. The van der Waals surface area contributed by atoms with Crippen molar-refractivity contribution in [3.63, 3.8) is 0 Å². The molecule has 1 unspecified atom stereocenters. The van der Waals surface area contributed by atoms with E-state index in [0.717, 1.165) is 12.5 Å². The van der Waals surface area contributed by atoms with Gasteiger partial charge in [-0.15, -0.1) is 6.42 Å². The summed E-state index contributed by atoms with van der Waals surface area (Å²) >= 11 is 0. The lowest BCUT2D eigenvalue weighted by Crippen LogP contribution is -2.55. The van der Waals surface area contributed by atoms with Crippen molar-refractivity contribution < 1.29 is 32.6 Å². The fraction of sp³-hybridized carbons (Fsp3) is 0.306. The topological polar surface area (TPSA) is 110 Å². The highest BCUT2D eigenvalue weighted by molar-refractivity contribution is 6.03. The van der Waals surface area contributed by atoms with Gasteiger partial charge in [0.2, 0.25) is 5.91 Å². The van der Waals surface area contributed by atoms with E-state index in [9.17, 15) is 14.0 Å². The van der Waals surface area contributed by atoms with E-state index < -0.39 is 17.6 Å². The van der Waals surface area contributed by atoms with Crippen molar-refractivity contribution in [1.29, 1.82) is 0 Å². The summed E-state index contributed by atoms with van der Waals surface area (Å²) in [7, 11) is 1.93.